The van der Waals surface area contributed by atoms with E-state index in [1.165, 1.54) is 5.56 Å². The molecule has 1 fully saturated rings. The van der Waals surface area contributed by atoms with E-state index in [0.29, 0.717) is 31.7 Å². The fourth-order valence-electron chi connectivity index (χ4n) is 5.35. The first-order valence-electron chi connectivity index (χ1n) is 14.3. The molecule has 1 heterocycles. The molecule has 7 heteroatoms. The lowest BCUT2D eigenvalue weighted by Gasteiger charge is -2.37. The van der Waals surface area contributed by atoms with Crippen LogP contribution in [0.3, 0.4) is 0 Å². The number of carboxylic acid groups (broad SMARTS) is 1. The molecule has 1 saturated heterocycles. The number of benzene rings is 4. The van der Waals surface area contributed by atoms with Crippen LogP contribution in [-0.2, 0) is 9.59 Å². The Hall–Kier alpha value is -4.91. The molecule has 0 spiro atoms. The quantitative estimate of drug-likeness (QED) is 0.276. The number of aliphatic carboxylic acids is 1. The summed E-state index contributed by atoms with van der Waals surface area (Å²) >= 11 is 0. The Bertz CT molecular complexity index is 1490. The molecule has 0 bridgehead atoms. The minimum atomic E-state index is -1.01. The van der Waals surface area contributed by atoms with Gasteiger partial charge in [-0.15, -0.1) is 0 Å². The summed E-state index contributed by atoms with van der Waals surface area (Å²) in [5.74, 6) is -1.67. The van der Waals surface area contributed by atoms with Crippen LogP contribution in [0.15, 0.2) is 103 Å². The Labute approximate surface area is 246 Å². The minimum Gasteiger partial charge on any atom is -0.481 e. The summed E-state index contributed by atoms with van der Waals surface area (Å²) < 4.78 is 0. The maximum absolute atomic E-state index is 13.7. The highest BCUT2D eigenvalue weighted by atomic mass is 16.4. The SMILES string of the molecule is Cc1cccc(N2CCN(C(=O)[C@H](CCC(=O)O)NC(=O)c3cc(-c4ccccc4)cc(-c4ccccc4)c3)CC2)c1. The third-order valence-electron chi connectivity index (χ3n) is 7.62. The number of nitrogens with one attached hydrogen (secondary N) is 1. The zero-order valence-electron chi connectivity index (χ0n) is 23.7. The van der Waals surface area contributed by atoms with Crippen LogP contribution in [0, 0.1) is 6.92 Å². The average Bonchev–Trinajstić information content (AvgIpc) is 3.03. The van der Waals surface area contributed by atoms with E-state index in [0.717, 1.165) is 27.9 Å². The molecular formula is C35H35N3O4. The van der Waals surface area contributed by atoms with Crippen molar-refractivity contribution in [1.29, 1.82) is 0 Å². The van der Waals surface area contributed by atoms with Crippen molar-refractivity contribution in [3.05, 3.63) is 114 Å². The van der Waals surface area contributed by atoms with Crippen LogP contribution in [0.1, 0.15) is 28.8 Å². The highest BCUT2D eigenvalue weighted by molar-refractivity contribution is 6.00. The van der Waals surface area contributed by atoms with Crippen molar-refractivity contribution in [3.8, 4) is 22.3 Å². The Morgan fingerprint density at radius 3 is 1.88 bits per heavy atom. The van der Waals surface area contributed by atoms with Crippen LogP contribution in [0.2, 0.25) is 0 Å². The number of rotatable bonds is 9. The molecular weight excluding hydrogens is 526 g/mol. The van der Waals surface area contributed by atoms with Crippen LogP contribution in [0.25, 0.3) is 22.3 Å². The maximum Gasteiger partial charge on any atom is 0.303 e. The maximum atomic E-state index is 13.7. The summed E-state index contributed by atoms with van der Waals surface area (Å²) in [6, 6.07) is 32.6. The number of carbonyl (C=O) groups excluding carboxylic acids is 2. The number of nitrogens with zero attached hydrogens (tertiary/aromatic N) is 2. The summed E-state index contributed by atoms with van der Waals surface area (Å²) in [5, 5.41) is 12.3. The van der Waals surface area contributed by atoms with Gasteiger partial charge in [-0.3, -0.25) is 14.4 Å². The van der Waals surface area contributed by atoms with Crippen molar-refractivity contribution >= 4 is 23.5 Å². The first-order chi connectivity index (χ1) is 20.4. The average molecular weight is 562 g/mol. The molecule has 2 N–H and O–H groups in total. The molecule has 5 rings (SSSR count). The molecule has 1 atom stereocenters. The molecule has 4 aromatic rings. The second kappa shape index (κ2) is 13.2. The molecule has 0 unspecified atom stereocenters. The molecule has 42 heavy (non-hydrogen) atoms. The van der Waals surface area contributed by atoms with Gasteiger partial charge in [0.15, 0.2) is 0 Å². The van der Waals surface area contributed by atoms with Crippen molar-refractivity contribution in [2.24, 2.45) is 0 Å². The summed E-state index contributed by atoms with van der Waals surface area (Å²) in [4.78, 5) is 42.8. The molecule has 1 aliphatic rings. The highest BCUT2D eigenvalue weighted by Gasteiger charge is 2.29. The number of hydrogen-bond acceptors (Lipinski definition) is 4. The van der Waals surface area contributed by atoms with Gasteiger partial charge >= 0.3 is 5.97 Å². The normalized spacial score (nSPS) is 13.8. The molecule has 0 aromatic heterocycles. The zero-order valence-corrected chi connectivity index (χ0v) is 23.7. The zero-order chi connectivity index (χ0) is 29.5. The first kappa shape index (κ1) is 28.6. The number of piperazine rings is 1. The van der Waals surface area contributed by atoms with E-state index in [2.05, 4.69) is 35.3 Å². The standard InChI is InChI=1S/C35H35N3O4/c1-25-9-8-14-31(21-25)37-17-19-38(20-18-37)35(42)32(15-16-33(39)40)36-34(41)30-23-28(26-10-4-2-5-11-26)22-29(24-30)27-12-6-3-7-13-27/h2-14,21-24,32H,15-20H2,1H3,(H,36,41)(H,39,40)/t32-/m0/s1. The van der Waals surface area contributed by atoms with Crippen LogP contribution in [0.4, 0.5) is 5.69 Å². The van der Waals surface area contributed by atoms with Crippen LogP contribution < -0.4 is 10.2 Å². The third kappa shape index (κ3) is 7.04. The molecule has 7 nitrogen and oxygen atoms in total. The predicted molar refractivity (Wildman–Crippen MR) is 165 cm³/mol. The highest BCUT2D eigenvalue weighted by Crippen LogP contribution is 2.28. The fourth-order valence-corrected chi connectivity index (χ4v) is 5.35. The van der Waals surface area contributed by atoms with E-state index < -0.39 is 17.9 Å². The van der Waals surface area contributed by atoms with E-state index in [9.17, 15) is 19.5 Å². The number of aryl methyl sites for hydroxylation is 1. The van der Waals surface area contributed by atoms with Crippen LogP contribution in [-0.4, -0.2) is 60.0 Å². The van der Waals surface area contributed by atoms with E-state index >= 15 is 0 Å². The van der Waals surface area contributed by atoms with Gasteiger partial charge in [-0.1, -0.05) is 72.8 Å². The summed E-state index contributed by atoms with van der Waals surface area (Å²) in [7, 11) is 0. The molecule has 0 aliphatic carbocycles. The van der Waals surface area contributed by atoms with Crippen molar-refractivity contribution in [2.45, 2.75) is 25.8 Å². The molecule has 2 amide bonds. The fraction of sp³-hybridized carbons (Fsp3) is 0.229. The van der Waals surface area contributed by atoms with E-state index in [4.69, 9.17) is 0 Å². The van der Waals surface area contributed by atoms with Gasteiger partial charge in [-0.25, -0.2) is 0 Å². The van der Waals surface area contributed by atoms with Gasteiger partial charge < -0.3 is 20.2 Å². The van der Waals surface area contributed by atoms with Gasteiger partial charge in [0.05, 0.1) is 0 Å². The first-order valence-corrected chi connectivity index (χ1v) is 14.3. The van der Waals surface area contributed by atoms with Gasteiger partial charge in [0, 0.05) is 43.9 Å². The lowest BCUT2D eigenvalue weighted by Crippen LogP contribution is -2.55. The number of amides is 2. The van der Waals surface area contributed by atoms with Crippen LogP contribution in [0.5, 0.6) is 0 Å². The van der Waals surface area contributed by atoms with Crippen molar-refractivity contribution < 1.29 is 19.5 Å². The molecule has 0 radical (unpaired) electrons. The van der Waals surface area contributed by atoms with Gasteiger partial charge in [0.25, 0.3) is 5.91 Å². The van der Waals surface area contributed by atoms with E-state index in [1.54, 1.807) is 4.90 Å². The number of hydrogen-bond donors (Lipinski definition) is 2. The Morgan fingerprint density at radius 1 is 0.738 bits per heavy atom. The second-order valence-corrected chi connectivity index (χ2v) is 10.6. The summed E-state index contributed by atoms with van der Waals surface area (Å²) in [5.41, 5.74) is 6.39. The number of carboxylic acids is 1. The topological polar surface area (TPSA) is 90.0 Å². The molecule has 214 valence electrons. The summed E-state index contributed by atoms with van der Waals surface area (Å²) in [6.07, 6.45) is -0.207. The predicted octanol–water partition coefficient (Wildman–Crippen LogP) is 5.64. The van der Waals surface area contributed by atoms with Gasteiger partial charge in [-0.2, -0.15) is 0 Å². The molecule has 1 aliphatic heterocycles. The van der Waals surface area contributed by atoms with E-state index in [-0.39, 0.29) is 18.7 Å². The monoisotopic (exact) mass is 561 g/mol. The van der Waals surface area contributed by atoms with E-state index in [1.807, 2.05) is 84.9 Å². The third-order valence-corrected chi connectivity index (χ3v) is 7.62. The Morgan fingerprint density at radius 2 is 1.33 bits per heavy atom. The smallest absolute Gasteiger partial charge is 0.303 e. The van der Waals surface area contributed by atoms with Crippen molar-refractivity contribution in [2.75, 3.05) is 31.1 Å². The van der Waals surface area contributed by atoms with Crippen LogP contribution >= 0.6 is 0 Å². The Balaban J connectivity index is 1.36. The lowest BCUT2D eigenvalue weighted by atomic mass is 9.95. The minimum absolute atomic E-state index is 0.0158. The lowest BCUT2D eigenvalue weighted by molar-refractivity contribution is -0.138. The van der Waals surface area contributed by atoms with Gasteiger partial charge in [-0.05, 0) is 71.5 Å². The Kier molecular flexibility index (Phi) is 8.97. The van der Waals surface area contributed by atoms with Crippen molar-refractivity contribution in [3.63, 3.8) is 0 Å². The van der Waals surface area contributed by atoms with Crippen molar-refractivity contribution in [1.82, 2.24) is 10.2 Å². The van der Waals surface area contributed by atoms with Gasteiger partial charge in [0.1, 0.15) is 6.04 Å². The molecule has 0 saturated carbocycles. The largest absolute Gasteiger partial charge is 0.481 e. The number of carbonyl (C=O) groups is 3. The molecule has 4 aromatic carbocycles. The van der Waals surface area contributed by atoms with Gasteiger partial charge in [0.2, 0.25) is 5.91 Å². The summed E-state index contributed by atoms with van der Waals surface area (Å²) in [6.45, 7) is 4.36. The second-order valence-electron chi connectivity index (χ2n) is 10.6. The number of anilines is 1.